The Labute approximate surface area is 162 Å². The van der Waals surface area contributed by atoms with Gasteiger partial charge in [0, 0.05) is 37.3 Å². The molecule has 2 aromatic heterocycles. The number of aryl methyl sites for hydroxylation is 1. The lowest BCUT2D eigenvalue weighted by atomic mass is 10.1. The average Bonchev–Trinajstić information content (AvgIpc) is 2.69. The lowest BCUT2D eigenvalue weighted by Gasteiger charge is -2.32. The van der Waals surface area contributed by atoms with Gasteiger partial charge in [-0.05, 0) is 26.1 Å². The van der Waals surface area contributed by atoms with Crippen molar-refractivity contribution in [3.63, 3.8) is 0 Å². The molecular weight excluding hydrogens is 358 g/mol. The topological polar surface area (TPSA) is 100 Å². The van der Waals surface area contributed by atoms with Gasteiger partial charge in [0.2, 0.25) is 11.6 Å². The van der Waals surface area contributed by atoms with Crippen molar-refractivity contribution in [1.82, 2.24) is 19.9 Å². The normalized spacial score (nSPS) is 15.0. The maximum Gasteiger partial charge on any atom is 0.353 e. The molecule has 28 heavy (non-hydrogen) atoms. The fourth-order valence-electron chi connectivity index (χ4n) is 3.35. The SMILES string of the molecule is Cc1ccc2cccc(Nc3ncnc(N4CCN(C)CC4)c3[N+](=O)[O-])c2n1. The summed E-state index contributed by atoms with van der Waals surface area (Å²) in [5.74, 6) is 0.518. The monoisotopic (exact) mass is 379 g/mol. The number of rotatable bonds is 4. The molecule has 3 aromatic rings. The van der Waals surface area contributed by atoms with Crippen molar-refractivity contribution in [2.45, 2.75) is 6.92 Å². The molecule has 0 spiro atoms. The van der Waals surface area contributed by atoms with Gasteiger partial charge in [0.1, 0.15) is 6.33 Å². The van der Waals surface area contributed by atoms with Crippen LogP contribution in [0.4, 0.5) is 23.0 Å². The van der Waals surface area contributed by atoms with Gasteiger partial charge >= 0.3 is 5.69 Å². The molecule has 1 fully saturated rings. The van der Waals surface area contributed by atoms with Crippen molar-refractivity contribution in [2.24, 2.45) is 0 Å². The Morgan fingerprint density at radius 2 is 1.89 bits per heavy atom. The van der Waals surface area contributed by atoms with Gasteiger partial charge in [0.05, 0.1) is 16.1 Å². The van der Waals surface area contributed by atoms with Crippen molar-refractivity contribution in [2.75, 3.05) is 43.4 Å². The predicted octanol–water partition coefficient (Wildman–Crippen LogP) is 2.74. The quantitative estimate of drug-likeness (QED) is 0.545. The standard InChI is InChI=1S/C19H21N7O2/c1-13-6-7-14-4-3-5-15(16(14)22-13)23-18-17(26(27)28)19(21-12-20-18)25-10-8-24(2)9-11-25/h3-7,12H,8-11H2,1-2H3,(H,20,21,23). The summed E-state index contributed by atoms with van der Waals surface area (Å²) in [5.41, 5.74) is 2.18. The van der Waals surface area contributed by atoms with E-state index in [2.05, 4.69) is 25.2 Å². The number of nitrogens with one attached hydrogen (secondary N) is 1. The number of likely N-dealkylation sites (N-methyl/N-ethyl adjacent to an activating group) is 1. The van der Waals surface area contributed by atoms with Gasteiger partial charge in [-0.25, -0.2) is 9.97 Å². The predicted molar refractivity (Wildman–Crippen MR) is 108 cm³/mol. The Balaban J connectivity index is 1.76. The number of anilines is 3. The van der Waals surface area contributed by atoms with Crippen LogP contribution < -0.4 is 10.2 Å². The molecule has 9 heteroatoms. The molecule has 0 unspecified atom stereocenters. The number of hydrogen-bond acceptors (Lipinski definition) is 8. The van der Waals surface area contributed by atoms with Crippen LogP contribution in [-0.2, 0) is 0 Å². The highest BCUT2D eigenvalue weighted by Gasteiger charge is 2.29. The fraction of sp³-hybridized carbons (Fsp3) is 0.316. The van der Waals surface area contributed by atoms with Gasteiger partial charge in [0.25, 0.3) is 0 Å². The number of nitro groups is 1. The maximum absolute atomic E-state index is 11.9. The molecule has 1 aromatic carbocycles. The summed E-state index contributed by atoms with van der Waals surface area (Å²) >= 11 is 0. The summed E-state index contributed by atoms with van der Waals surface area (Å²) in [5, 5.41) is 16.0. The van der Waals surface area contributed by atoms with E-state index in [1.54, 1.807) is 0 Å². The number of piperazine rings is 1. The second kappa shape index (κ2) is 7.35. The molecule has 1 aliphatic rings. The molecule has 1 aliphatic heterocycles. The highest BCUT2D eigenvalue weighted by atomic mass is 16.6. The first-order valence-corrected chi connectivity index (χ1v) is 9.09. The molecule has 1 N–H and O–H groups in total. The molecule has 0 saturated carbocycles. The van der Waals surface area contributed by atoms with E-state index in [0.717, 1.165) is 29.7 Å². The summed E-state index contributed by atoms with van der Waals surface area (Å²) in [6.07, 6.45) is 1.37. The van der Waals surface area contributed by atoms with Crippen molar-refractivity contribution in [1.29, 1.82) is 0 Å². The highest BCUT2D eigenvalue weighted by Crippen LogP contribution is 2.35. The van der Waals surface area contributed by atoms with E-state index in [9.17, 15) is 10.1 Å². The van der Waals surface area contributed by atoms with Gasteiger partial charge < -0.3 is 15.1 Å². The van der Waals surface area contributed by atoms with Crippen molar-refractivity contribution < 1.29 is 4.92 Å². The number of pyridine rings is 1. The van der Waals surface area contributed by atoms with E-state index >= 15 is 0 Å². The molecule has 1 saturated heterocycles. The third kappa shape index (κ3) is 3.44. The number of fused-ring (bicyclic) bond motifs is 1. The molecule has 0 atom stereocenters. The van der Waals surface area contributed by atoms with Crippen LogP contribution >= 0.6 is 0 Å². The second-order valence-corrected chi connectivity index (χ2v) is 6.90. The van der Waals surface area contributed by atoms with E-state index in [1.807, 2.05) is 49.2 Å². The Morgan fingerprint density at radius 3 is 2.64 bits per heavy atom. The maximum atomic E-state index is 11.9. The molecule has 144 valence electrons. The molecule has 0 radical (unpaired) electrons. The zero-order valence-electron chi connectivity index (χ0n) is 15.8. The van der Waals surface area contributed by atoms with Gasteiger partial charge in [-0.3, -0.25) is 15.1 Å². The summed E-state index contributed by atoms with van der Waals surface area (Å²) in [4.78, 5) is 28.6. The van der Waals surface area contributed by atoms with Crippen LogP contribution in [0.3, 0.4) is 0 Å². The fourth-order valence-corrected chi connectivity index (χ4v) is 3.35. The first-order chi connectivity index (χ1) is 13.5. The number of hydrogen-bond donors (Lipinski definition) is 1. The largest absolute Gasteiger partial charge is 0.353 e. The minimum absolute atomic E-state index is 0.114. The summed E-state index contributed by atoms with van der Waals surface area (Å²) in [6, 6.07) is 9.60. The number of para-hydroxylation sites is 1. The smallest absolute Gasteiger partial charge is 0.348 e. The number of nitrogens with zero attached hydrogens (tertiary/aromatic N) is 6. The molecular formula is C19H21N7O2. The van der Waals surface area contributed by atoms with E-state index in [-0.39, 0.29) is 11.5 Å². The first kappa shape index (κ1) is 18.1. The van der Waals surface area contributed by atoms with E-state index in [1.165, 1.54) is 6.33 Å². The minimum Gasteiger partial charge on any atom is -0.348 e. The third-order valence-corrected chi connectivity index (χ3v) is 4.90. The van der Waals surface area contributed by atoms with Crippen molar-refractivity contribution in [3.05, 3.63) is 52.5 Å². The van der Waals surface area contributed by atoms with Crippen LogP contribution in [0.2, 0.25) is 0 Å². The molecule has 9 nitrogen and oxygen atoms in total. The van der Waals surface area contributed by atoms with Gasteiger partial charge in [-0.2, -0.15) is 0 Å². The van der Waals surface area contributed by atoms with Gasteiger partial charge in [0.15, 0.2) is 0 Å². The van der Waals surface area contributed by atoms with Crippen LogP contribution in [0, 0.1) is 17.0 Å². The third-order valence-electron chi connectivity index (χ3n) is 4.90. The van der Waals surface area contributed by atoms with Crippen LogP contribution in [-0.4, -0.2) is 58.0 Å². The van der Waals surface area contributed by atoms with Crippen LogP contribution in [0.25, 0.3) is 10.9 Å². The summed E-state index contributed by atoms with van der Waals surface area (Å²) in [7, 11) is 2.04. The summed E-state index contributed by atoms with van der Waals surface area (Å²) in [6.45, 7) is 4.94. The lowest BCUT2D eigenvalue weighted by molar-refractivity contribution is -0.383. The Hall–Kier alpha value is -3.33. The molecule has 0 aliphatic carbocycles. The lowest BCUT2D eigenvalue weighted by Crippen LogP contribution is -2.45. The molecule has 4 rings (SSSR count). The first-order valence-electron chi connectivity index (χ1n) is 9.09. The van der Waals surface area contributed by atoms with Crippen LogP contribution in [0.5, 0.6) is 0 Å². The number of benzene rings is 1. The Kier molecular flexibility index (Phi) is 4.74. The van der Waals surface area contributed by atoms with Gasteiger partial charge in [-0.15, -0.1) is 0 Å². The van der Waals surface area contributed by atoms with E-state index < -0.39 is 4.92 Å². The second-order valence-electron chi connectivity index (χ2n) is 6.90. The van der Waals surface area contributed by atoms with Crippen LogP contribution in [0.15, 0.2) is 36.7 Å². The van der Waals surface area contributed by atoms with Crippen LogP contribution in [0.1, 0.15) is 5.69 Å². The van der Waals surface area contributed by atoms with Crippen molar-refractivity contribution in [3.8, 4) is 0 Å². The molecule has 0 amide bonds. The average molecular weight is 379 g/mol. The Morgan fingerprint density at radius 1 is 1.11 bits per heavy atom. The zero-order chi connectivity index (χ0) is 19.7. The molecule has 3 heterocycles. The van der Waals surface area contributed by atoms with Gasteiger partial charge in [-0.1, -0.05) is 18.2 Å². The minimum atomic E-state index is -0.417. The van der Waals surface area contributed by atoms with Crippen molar-refractivity contribution >= 4 is 33.9 Å². The number of aromatic nitrogens is 3. The summed E-state index contributed by atoms with van der Waals surface area (Å²) < 4.78 is 0. The van der Waals surface area contributed by atoms with E-state index in [0.29, 0.717) is 24.6 Å². The zero-order valence-corrected chi connectivity index (χ0v) is 15.8. The molecule has 0 bridgehead atoms. The van der Waals surface area contributed by atoms with E-state index in [4.69, 9.17) is 0 Å². The highest BCUT2D eigenvalue weighted by molar-refractivity contribution is 5.93. The Bertz CT molecular complexity index is 1030.